The van der Waals surface area contributed by atoms with Gasteiger partial charge in [-0.05, 0) is 48.5 Å². The number of piperazine rings is 2. The fourth-order valence-electron chi connectivity index (χ4n) is 7.40. The molecule has 332 valence electrons. The standard InChI is InChI=1S/C21H27N5O4S.C21H26N4O5S/c22-12-21(27)17-6-7-18(23-13-17)14-26(19-4-2-1-3-5-19)31(28,29)25-10-8-24(9-11-25)20-15-30-16-20;1-29-21(26)17-7-8-18(22-13-17)14-25(19-5-3-2-4-6-19)31(27,28)24-11-9-23(10-12-24)20-15-30-16-20/h1-7,13,20H,8-12,14-16,22H2;2-8,13,20H,9-12,14-16H2,1H3. The monoisotopic (exact) mass is 891 g/mol. The van der Waals surface area contributed by atoms with Gasteiger partial charge in [-0.2, -0.15) is 25.4 Å². The minimum absolute atomic E-state index is 0.0600. The number of nitrogens with two attached hydrogens (primary N) is 1. The Morgan fingerprint density at radius 2 is 1.03 bits per heavy atom. The number of ether oxygens (including phenoxy) is 3. The molecule has 0 unspecified atom stereocenters. The molecule has 4 fully saturated rings. The number of carbonyl (C=O) groups is 2. The number of aromatic nitrogens is 2. The Morgan fingerprint density at radius 3 is 1.35 bits per heavy atom. The Morgan fingerprint density at radius 1 is 0.629 bits per heavy atom. The molecule has 0 amide bonds. The van der Waals surface area contributed by atoms with Crippen LogP contribution in [0.2, 0.25) is 0 Å². The molecular weight excluding hydrogens is 839 g/mol. The number of anilines is 2. The van der Waals surface area contributed by atoms with E-state index in [1.54, 1.807) is 60.7 Å². The molecule has 2 aromatic carbocycles. The van der Waals surface area contributed by atoms with Gasteiger partial charge in [-0.25, -0.2) is 4.79 Å². The second-order valence-corrected chi connectivity index (χ2v) is 18.9. The first kappa shape index (κ1) is 45.1. The zero-order chi connectivity index (χ0) is 43.7. The van der Waals surface area contributed by atoms with Gasteiger partial charge in [0.05, 0.1) is 93.6 Å². The quantitative estimate of drug-likeness (QED) is 0.133. The summed E-state index contributed by atoms with van der Waals surface area (Å²) in [6.45, 7) is 7.36. The Kier molecular flexibility index (Phi) is 14.9. The van der Waals surface area contributed by atoms with Crippen molar-refractivity contribution in [1.82, 2.24) is 28.4 Å². The number of ketones is 1. The number of hydrogen-bond donors (Lipinski definition) is 1. The van der Waals surface area contributed by atoms with Crippen molar-refractivity contribution in [1.29, 1.82) is 0 Å². The van der Waals surface area contributed by atoms with Gasteiger partial charge in [0.2, 0.25) is 0 Å². The Labute approximate surface area is 363 Å². The molecule has 0 spiro atoms. The van der Waals surface area contributed by atoms with Crippen molar-refractivity contribution in [2.45, 2.75) is 25.2 Å². The zero-order valence-electron chi connectivity index (χ0n) is 34.6. The van der Waals surface area contributed by atoms with Crippen LogP contribution in [0.5, 0.6) is 0 Å². The van der Waals surface area contributed by atoms with Gasteiger partial charge in [0.1, 0.15) is 0 Å². The van der Waals surface area contributed by atoms with Crippen LogP contribution in [0, 0.1) is 0 Å². The highest BCUT2D eigenvalue weighted by atomic mass is 32.2. The van der Waals surface area contributed by atoms with Crippen LogP contribution in [0.1, 0.15) is 32.1 Å². The molecule has 0 aliphatic carbocycles. The molecular formula is C42H53N9O9S2. The van der Waals surface area contributed by atoms with E-state index in [0.717, 1.165) is 26.4 Å². The van der Waals surface area contributed by atoms with Gasteiger partial charge in [-0.15, -0.1) is 0 Å². The van der Waals surface area contributed by atoms with Crippen molar-refractivity contribution in [2.75, 3.05) is 101 Å². The lowest BCUT2D eigenvalue weighted by molar-refractivity contribution is -0.0721. The van der Waals surface area contributed by atoms with E-state index in [0.29, 0.717) is 98.3 Å². The third kappa shape index (κ3) is 10.6. The van der Waals surface area contributed by atoms with Crippen LogP contribution < -0.4 is 14.3 Å². The van der Waals surface area contributed by atoms with Crippen molar-refractivity contribution in [3.8, 4) is 0 Å². The van der Waals surface area contributed by atoms with Gasteiger partial charge >= 0.3 is 26.4 Å². The normalized spacial score (nSPS) is 18.4. The average molecular weight is 892 g/mol. The summed E-state index contributed by atoms with van der Waals surface area (Å²) in [5.41, 5.74) is 8.34. The molecule has 2 N–H and O–H groups in total. The predicted molar refractivity (Wildman–Crippen MR) is 232 cm³/mol. The van der Waals surface area contributed by atoms with Gasteiger partial charge in [-0.1, -0.05) is 36.4 Å². The number of nitrogens with zero attached hydrogens (tertiary/aromatic N) is 8. The molecule has 0 saturated carbocycles. The smallest absolute Gasteiger partial charge is 0.339 e. The van der Waals surface area contributed by atoms with Crippen molar-refractivity contribution in [3.05, 3.63) is 120 Å². The van der Waals surface area contributed by atoms with E-state index < -0.39 is 26.4 Å². The maximum Gasteiger partial charge on any atom is 0.339 e. The van der Waals surface area contributed by atoms with E-state index in [1.165, 1.54) is 36.7 Å². The summed E-state index contributed by atoms with van der Waals surface area (Å²) in [6, 6.07) is 25.3. The van der Waals surface area contributed by atoms with Crippen LogP contribution in [-0.2, 0) is 47.7 Å². The first-order valence-corrected chi connectivity index (χ1v) is 23.3. The molecule has 0 radical (unpaired) electrons. The van der Waals surface area contributed by atoms with Crippen LogP contribution in [-0.4, -0.2) is 161 Å². The molecule has 4 aliphatic heterocycles. The molecule has 0 atom stereocenters. The molecule has 4 aliphatic rings. The summed E-state index contributed by atoms with van der Waals surface area (Å²) < 4.78 is 75.3. The Bertz CT molecular complexity index is 2140. The van der Waals surface area contributed by atoms with E-state index in [4.69, 9.17) is 19.9 Å². The lowest BCUT2D eigenvalue weighted by Crippen LogP contribution is -2.59. The number of pyridine rings is 2. The van der Waals surface area contributed by atoms with Gasteiger partial charge in [0, 0.05) is 70.3 Å². The van der Waals surface area contributed by atoms with Crippen molar-refractivity contribution < 1.29 is 40.6 Å². The molecule has 4 saturated heterocycles. The lowest BCUT2D eigenvalue weighted by atomic mass is 10.2. The number of Topliss-reactive ketones (excluding diaryl/α,β-unsaturated/α-hetero) is 1. The Hall–Kier alpha value is -4.90. The van der Waals surface area contributed by atoms with Crippen LogP contribution in [0.25, 0.3) is 0 Å². The number of rotatable bonds is 15. The maximum atomic E-state index is 13.6. The summed E-state index contributed by atoms with van der Waals surface area (Å²) in [4.78, 5) is 36.5. The molecule has 62 heavy (non-hydrogen) atoms. The minimum atomic E-state index is -3.77. The van der Waals surface area contributed by atoms with Crippen LogP contribution >= 0.6 is 0 Å². The number of methoxy groups -OCH3 is 1. The van der Waals surface area contributed by atoms with Crippen LogP contribution in [0.3, 0.4) is 0 Å². The summed E-state index contributed by atoms with van der Waals surface area (Å²) in [6.07, 6.45) is 2.84. The van der Waals surface area contributed by atoms with Gasteiger partial charge in [-0.3, -0.25) is 33.2 Å². The number of benzene rings is 2. The van der Waals surface area contributed by atoms with Crippen LogP contribution in [0.4, 0.5) is 11.4 Å². The largest absolute Gasteiger partial charge is 0.465 e. The predicted octanol–water partition coefficient (Wildman–Crippen LogP) is 1.63. The summed E-state index contributed by atoms with van der Waals surface area (Å²) in [7, 11) is -6.23. The lowest BCUT2D eigenvalue weighted by Gasteiger charge is -2.43. The molecule has 2 aromatic heterocycles. The molecule has 18 nitrogen and oxygen atoms in total. The molecule has 4 aromatic rings. The van der Waals surface area contributed by atoms with Gasteiger partial charge < -0.3 is 19.9 Å². The van der Waals surface area contributed by atoms with Crippen molar-refractivity contribution >= 4 is 43.5 Å². The first-order chi connectivity index (χ1) is 30.0. The topological polar surface area (TPSA) is 201 Å². The minimum Gasteiger partial charge on any atom is -0.465 e. The molecule has 0 bridgehead atoms. The number of esters is 1. The molecule has 6 heterocycles. The van der Waals surface area contributed by atoms with E-state index in [9.17, 15) is 26.4 Å². The summed E-state index contributed by atoms with van der Waals surface area (Å²) >= 11 is 0. The third-order valence-electron chi connectivity index (χ3n) is 11.3. The van der Waals surface area contributed by atoms with E-state index >= 15 is 0 Å². The zero-order valence-corrected chi connectivity index (χ0v) is 36.3. The average Bonchev–Trinajstić information content (AvgIpc) is 3.27. The highest BCUT2D eigenvalue weighted by Crippen LogP contribution is 2.26. The second kappa shape index (κ2) is 20.5. The summed E-state index contributed by atoms with van der Waals surface area (Å²) in [5.74, 6) is -0.692. The first-order valence-electron chi connectivity index (χ1n) is 20.5. The van der Waals surface area contributed by atoms with E-state index in [-0.39, 0.29) is 25.4 Å². The van der Waals surface area contributed by atoms with Gasteiger partial charge in [0.15, 0.2) is 5.78 Å². The SMILES string of the molecule is COC(=O)c1ccc(CN(c2ccccc2)S(=O)(=O)N2CCN(C3COC3)CC2)nc1.NCC(=O)c1ccc(CN(c2ccccc2)S(=O)(=O)N2CCN(C3COC3)CC2)nc1. The van der Waals surface area contributed by atoms with E-state index in [1.807, 2.05) is 24.3 Å². The maximum absolute atomic E-state index is 13.6. The number of hydrogen-bond acceptors (Lipinski definition) is 14. The van der Waals surface area contributed by atoms with Gasteiger partial charge in [0.25, 0.3) is 0 Å². The summed E-state index contributed by atoms with van der Waals surface area (Å²) in [5, 5.41) is 0. The number of para-hydroxylation sites is 2. The highest BCUT2D eigenvalue weighted by molar-refractivity contribution is 7.90. The van der Waals surface area contributed by atoms with Crippen LogP contribution in [0.15, 0.2) is 97.3 Å². The number of carbonyl (C=O) groups excluding carboxylic acids is 2. The third-order valence-corrected chi connectivity index (χ3v) is 15.1. The van der Waals surface area contributed by atoms with Crippen molar-refractivity contribution in [3.63, 3.8) is 0 Å². The Balaban J connectivity index is 0.000000186. The van der Waals surface area contributed by atoms with Crippen molar-refractivity contribution in [2.24, 2.45) is 5.73 Å². The molecule has 8 rings (SSSR count). The second-order valence-electron chi connectivity index (χ2n) is 15.1. The highest BCUT2D eigenvalue weighted by Gasteiger charge is 2.38. The fraction of sp³-hybridized carbons (Fsp3) is 0.429. The van der Waals surface area contributed by atoms with E-state index in [2.05, 4.69) is 19.8 Å². The fourth-order valence-corrected chi connectivity index (χ4v) is 10.6. The molecule has 20 heteroatoms.